The largest absolute Gasteiger partial charge is 0.497 e. The summed E-state index contributed by atoms with van der Waals surface area (Å²) in [6.07, 6.45) is 0.382. The van der Waals surface area contributed by atoms with Crippen LogP contribution in [0.2, 0.25) is 0 Å². The van der Waals surface area contributed by atoms with Gasteiger partial charge in [-0.05, 0) is 44.4 Å². The molecule has 0 N–H and O–H groups in total. The van der Waals surface area contributed by atoms with Crippen molar-refractivity contribution in [1.82, 2.24) is 14.7 Å². The third-order valence-corrected chi connectivity index (χ3v) is 4.97. The van der Waals surface area contributed by atoms with E-state index in [1.54, 1.807) is 12.0 Å². The fourth-order valence-electron chi connectivity index (χ4n) is 3.11. The van der Waals surface area contributed by atoms with Gasteiger partial charge in [0.25, 0.3) is 0 Å². The van der Waals surface area contributed by atoms with E-state index in [1.807, 2.05) is 49.8 Å². The molecule has 0 fully saturated rings. The highest BCUT2D eigenvalue weighted by atomic mass is 16.5. The average Bonchev–Trinajstić information content (AvgIpc) is 2.87. The summed E-state index contributed by atoms with van der Waals surface area (Å²) in [6, 6.07) is 7.86. The Morgan fingerprint density at radius 2 is 1.81 bits per heavy atom. The van der Waals surface area contributed by atoms with Gasteiger partial charge in [0.15, 0.2) is 0 Å². The lowest BCUT2D eigenvalue weighted by Crippen LogP contribution is -2.31. The lowest BCUT2D eigenvalue weighted by atomic mass is 10.0. The molecule has 1 aromatic carbocycles. The van der Waals surface area contributed by atoms with Gasteiger partial charge >= 0.3 is 0 Å². The summed E-state index contributed by atoms with van der Waals surface area (Å²) in [5, 5.41) is 4.62. The summed E-state index contributed by atoms with van der Waals surface area (Å²) in [7, 11) is 3.51. The highest BCUT2D eigenvalue weighted by Gasteiger charge is 2.21. The normalized spacial score (nSPS) is 12.3. The van der Waals surface area contributed by atoms with Crippen molar-refractivity contribution >= 4 is 5.91 Å². The van der Waals surface area contributed by atoms with Crippen molar-refractivity contribution in [3.63, 3.8) is 0 Å². The molecular formula is C21H31N3O2. The molecule has 0 bridgehead atoms. The average molecular weight is 357 g/mol. The zero-order chi connectivity index (χ0) is 19.4. The van der Waals surface area contributed by atoms with Crippen LogP contribution in [0.25, 0.3) is 0 Å². The van der Waals surface area contributed by atoms with E-state index in [-0.39, 0.29) is 11.9 Å². The number of nitrogens with zero attached hydrogens (tertiary/aromatic N) is 3. The number of hydrogen-bond donors (Lipinski definition) is 0. The minimum atomic E-state index is -0.000253. The number of aryl methyl sites for hydroxylation is 1. The molecule has 0 aliphatic rings. The van der Waals surface area contributed by atoms with E-state index in [9.17, 15) is 4.79 Å². The molecule has 1 aromatic heterocycles. The van der Waals surface area contributed by atoms with E-state index in [1.165, 1.54) is 0 Å². The van der Waals surface area contributed by atoms with E-state index < -0.39 is 0 Å². The number of hydrogen-bond acceptors (Lipinski definition) is 3. The molecular weight excluding hydrogens is 326 g/mol. The van der Waals surface area contributed by atoms with Crippen molar-refractivity contribution in [2.75, 3.05) is 14.2 Å². The fourth-order valence-corrected chi connectivity index (χ4v) is 3.11. The molecule has 2 rings (SSSR count). The fraction of sp³-hybridized carbons (Fsp3) is 0.524. The predicted molar refractivity (Wildman–Crippen MR) is 104 cm³/mol. The van der Waals surface area contributed by atoms with Gasteiger partial charge in [0.2, 0.25) is 5.91 Å². The maximum Gasteiger partial charge on any atom is 0.227 e. The van der Waals surface area contributed by atoms with Crippen LogP contribution in [-0.4, -0.2) is 34.7 Å². The first-order chi connectivity index (χ1) is 12.2. The van der Waals surface area contributed by atoms with Crippen molar-refractivity contribution in [2.24, 2.45) is 5.92 Å². The Labute approximate surface area is 157 Å². The lowest BCUT2D eigenvalue weighted by molar-refractivity contribution is -0.131. The Balaban J connectivity index is 2.12. The second kappa shape index (κ2) is 8.39. The number of carbonyl (C=O) groups is 1. The minimum Gasteiger partial charge on any atom is -0.497 e. The number of rotatable bonds is 7. The standard InChI is InChI=1S/C21H31N3O2/c1-14(2)13-24-17(5)20(15(3)22-24)12-21(25)23(6)16(4)18-8-10-19(26-7)11-9-18/h8-11,14,16H,12-13H2,1-7H3. The molecule has 0 saturated heterocycles. The number of benzene rings is 1. The van der Waals surface area contributed by atoms with E-state index in [2.05, 4.69) is 25.9 Å². The third kappa shape index (κ3) is 4.45. The van der Waals surface area contributed by atoms with Crippen LogP contribution in [0.3, 0.4) is 0 Å². The topological polar surface area (TPSA) is 47.4 Å². The van der Waals surface area contributed by atoms with Crippen LogP contribution in [0, 0.1) is 19.8 Å². The molecule has 0 saturated carbocycles. The summed E-state index contributed by atoms with van der Waals surface area (Å²) >= 11 is 0. The molecule has 1 unspecified atom stereocenters. The van der Waals surface area contributed by atoms with E-state index in [4.69, 9.17) is 4.74 Å². The molecule has 1 amide bonds. The molecule has 26 heavy (non-hydrogen) atoms. The van der Waals surface area contributed by atoms with Gasteiger partial charge < -0.3 is 9.64 Å². The van der Waals surface area contributed by atoms with Crippen molar-refractivity contribution < 1.29 is 9.53 Å². The quantitative estimate of drug-likeness (QED) is 0.754. The van der Waals surface area contributed by atoms with Gasteiger partial charge in [0, 0.05) is 24.8 Å². The van der Waals surface area contributed by atoms with Crippen LogP contribution in [-0.2, 0) is 17.8 Å². The number of amides is 1. The Kier molecular flexibility index (Phi) is 6.46. The zero-order valence-corrected chi connectivity index (χ0v) is 17.0. The van der Waals surface area contributed by atoms with Gasteiger partial charge in [0.1, 0.15) is 5.75 Å². The van der Waals surface area contributed by atoms with Gasteiger partial charge in [-0.3, -0.25) is 9.48 Å². The van der Waals surface area contributed by atoms with Gasteiger partial charge in [-0.2, -0.15) is 5.10 Å². The Bertz CT molecular complexity index is 747. The monoisotopic (exact) mass is 357 g/mol. The summed E-state index contributed by atoms with van der Waals surface area (Å²) in [4.78, 5) is 14.7. The summed E-state index contributed by atoms with van der Waals surface area (Å²) in [5.74, 6) is 1.44. The van der Waals surface area contributed by atoms with Crippen LogP contribution in [0.4, 0.5) is 0 Å². The van der Waals surface area contributed by atoms with Crippen molar-refractivity contribution in [2.45, 2.75) is 53.6 Å². The number of ether oxygens (including phenoxy) is 1. The Morgan fingerprint density at radius 1 is 1.19 bits per heavy atom. The molecule has 1 heterocycles. The Morgan fingerprint density at radius 3 is 2.35 bits per heavy atom. The van der Waals surface area contributed by atoms with Crippen LogP contribution in [0.5, 0.6) is 5.75 Å². The highest BCUT2D eigenvalue weighted by molar-refractivity contribution is 5.79. The maximum atomic E-state index is 12.9. The molecule has 0 aliphatic carbocycles. The van der Waals surface area contributed by atoms with Gasteiger partial charge in [-0.25, -0.2) is 0 Å². The summed E-state index contributed by atoms with van der Waals surface area (Å²) in [5.41, 5.74) is 4.17. The summed E-state index contributed by atoms with van der Waals surface area (Å²) < 4.78 is 7.23. The third-order valence-electron chi connectivity index (χ3n) is 4.97. The van der Waals surface area contributed by atoms with Crippen LogP contribution < -0.4 is 4.74 Å². The van der Waals surface area contributed by atoms with Crippen molar-refractivity contribution in [1.29, 1.82) is 0 Å². The smallest absolute Gasteiger partial charge is 0.227 e. The minimum absolute atomic E-state index is 0.000253. The van der Waals surface area contributed by atoms with E-state index >= 15 is 0 Å². The van der Waals surface area contributed by atoms with Crippen LogP contribution in [0.15, 0.2) is 24.3 Å². The van der Waals surface area contributed by atoms with E-state index in [0.717, 1.165) is 34.8 Å². The second-order valence-electron chi connectivity index (χ2n) is 7.36. The van der Waals surface area contributed by atoms with Gasteiger partial charge in [-0.15, -0.1) is 0 Å². The molecule has 5 nitrogen and oxygen atoms in total. The molecule has 5 heteroatoms. The first-order valence-electron chi connectivity index (χ1n) is 9.17. The first kappa shape index (κ1) is 20.0. The molecule has 2 aromatic rings. The SMILES string of the molecule is COc1ccc(C(C)N(C)C(=O)Cc2c(C)nn(CC(C)C)c2C)cc1. The first-order valence-corrected chi connectivity index (χ1v) is 9.17. The highest BCUT2D eigenvalue weighted by Crippen LogP contribution is 2.23. The van der Waals surface area contributed by atoms with Crippen molar-refractivity contribution in [3.8, 4) is 5.75 Å². The Hall–Kier alpha value is -2.30. The number of methoxy groups -OCH3 is 1. The predicted octanol–water partition coefficient (Wildman–Crippen LogP) is 3.93. The molecule has 142 valence electrons. The number of likely N-dealkylation sites (N-methyl/N-ethyl adjacent to an activating group) is 1. The number of carbonyl (C=O) groups excluding carboxylic acids is 1. The molecule has 1 atom stereocenters. The maximum absolute atomic E-state index is 12.9. The lowest BCUT2D eigenvalue weighted by Gasteiger charge is -2.25. The molecule has 0 aliphatic heterocycles. The van der Waals surface area contributed by atoms with Crippen LogP contribution in [0.1, 0.15) is 49.3 Å². The molecule has 0 radical (unpaired) electrons. The zero-order valence-electron chi connectivity index (χ0n) is 17.0. The van der Waals surface area contributed by atoms with Crippen molar-refractivity contribution in [3.05, 3.63) is 46.8 Å². The van der Waals surface area contributed by atoms with Gasteiger partial charge in [-0.1, -0.05) is 26.0 Å². The summed E-state index contributed by atoms with van der Waals surface area (Å²) in [6.45, 7) is 11.3. The molecule has 0 spiro atoms. The van der Waals surface area contributed by atoms with E-state index in [0.29, 0.717) is 12.3 Å². The number of aromatic nitrogens is 2. The van der Waals surface area contributed by atoms with Gasteiger partial charge in [0.05, 0.1) is 25.3 Å². The second-order valence-corrected chi connectivity index (χ2v) is 7.36. The van der Waals surface area contributed by atoms with Crippen LogP contribution >= 0.6 is 0 Å².